The van der Waals surface area contributed by atoms with Crippen molar-refractivity contribution in [1.29, 1.82) is 0 Å². The molecule has 0 saturated carbocycles. The summed E-state index contributed by atoms with van der Waals surface area (Å²) < 4.78 is 7.39. The normalized spacial score (nSPS) is 22.9. The number of carbonyl (C=O) groups excluding carboxylic acids is 1. The molecule has 0 unspecified atom stereocenters. The van der Waals surface area contributed by atoms with Gasteiger partial charge in [0.05, 0.1) is 26.2 Å². The predicted octanol–water partition coefficient (Wildman–Crippen LogP) is 5.86. The Bertz CT molecular complexity index is 1040. The van der Waals surface area contributed by atoms with Gasteiger partial charge in [0, 0.05) is 25.7 Å². The van der Waals surface area contributed by atoms with Crippen molar-refractivity contribution < 1.29 is 19.1 Å². The summed E-state index contributed by atoms with van der Waals surface area (Å²) in [6.07, 6.45) is 4.89. The fraction of sp³-hybridized carbons (Fsp3) is 0.387. The van der Waals surface area contributed by atoms with Gasteiger partial charge in [0.15, 0.2) is 0 Å². The molecule has 0 aromatic heterocycles. The van der Waals surface area contributed by atoms with E-state index in [2.05, 4.69) is 46.3 Å². The Labute approximate surface area is 223 Å². The first-order valence-electron chi connectivity index (χ1n) is 12.9. The summed E-state index contributed by atoms with van der Waals surface area (Å²) >= 11 is 2.94. The molecule has 0 spiro atoms. The number of carbonyl (C=O) groups is 1. The number of nitrogens with zero attached hydrogens (tertiary/aromatic N) is 1. The third kappa shape index (κ3) is 5.59. The van der Waals surface area contributed by atoms with Crippen molar-refractivity contribution in [3.63, 3.8) is 0 Å². The zero-order valence-electron chi connectivity index (χ0n) is 21.1. The van der Waals surface area contributed by atoms with Gasteiger partial charge in [0.25, 0.3) is 0 Å². The summed E-state index contributed by atoms with van der Waals surface area (Å²) in [5.74, 6) is 1.25. The van der Waals surface area contributed by atoms with Gasteiger partial charge in [0.2, 0.25) is 5.60 Å². The SMILES string of the molecule is CBr.O=C(OC12CC[N+](CCCc3ccccc3)(CC1)CC2)C(O)(c1ccccc1)c1ccccc1. The first-order chi connectivity index (χ1) is 17.5. The van der Waals surface area contributed by atoms with Gasteiger partial charge in [-0.15, -0.1) is 0 Å². The smallest absolute Gasteiger partial charge is 0.348 e. The van der Waals surface area contributed by atoms with Gasteiger partial charge in [-0.05, 0) is 28.9 Å². The number of alkyl halides is 1. The number of aryl methyl sites for hydroxylation is 1. The molecule has 3 aromatic rings. The lowest BCUT2D eigenvalue weighted by atomic mass is 9.79. The Morgan fingerprint density at radius 2 is 1.28 bits per heavy atom. The fourth-order valence-corrected chi connectivity index (χ4v) is 5.82. The van der Waals surface area contributed by atoms with Gasteiger partial charge in [-0.1, -0.05) is 107 Å². The average Bonchev–Trinajstić information content (AvgIpc) is 2.96. The van der Waals surface area contributed by atoms with E-state index in [1.54, 1.807) is 24.3 Å². The van der Waals surface area contributed by atoms with Crippen molar-refractivity contribution in [2.24, 2.45) is 0 Å². The van der Waals surface area contributed by atoms with Gasteiger partial charge >= 0.3 is 5.97 Å². The van der Waals surface area contributed by atoms with Gasteiger partial charge in [-0.3, -0.25) is 0 Å². The number of hydrogen-bond donors (Lipinski definition) is 1. The maximum atomic E-state index is 13.6. The molecule has 3 fully saturated rings. The molecule has 0 atom stereocenters. The monoisotopic (exact) mass is 550 g/mol. The van der Waals surface area contributed by atoms with E-state index in [0.29, 0.717) is 11.1 Å². The van der Waals surface area contributed by atoms with Crippen LogP contribution in [0.15, 0.2) is 91.0 Å². The molecule has 4 nitrogen and oxygen atoms in total. The van der Waals surface area contributed by atoms with E-state index in [1.807, 2.05) is 42.2 Å². The quantitative estimate of drug-likeness (QED) is 0.217. The Balaban J connectivity index is 0.00000148. The van der Waals surface area contributed by atoms with Crippen LogP contribution in [0.25, 0.3) is 0 Å². The Morgan fingerprint density at radius 1 is 0.833 bits per heavy atom. The molecule has 190 valence electrons. The largest absolute Gasteiger partial charge is 0.456 e. The molecule has 36 heavy (non-hydrogen) atoms. The van der Waals surface area contributed by atoms with E-state index >= 15 is 0 Å². The minimum Gasteiger partial charge on any atom is -0.456 e. The first-order valence-corrected chi connectivity index (χ1v) is 14.5. The molecule has 3 saturated heterocycles. The van der Waals surface area contributed by atoms with Crippen LogP contribution in [0.3, 0.4) is 0 Å². The highest BCUT2D eigenvalue weighted by atomic mass is 79.9. The highest BCUT2D eigenvalue weighted by molar-refractivity contribution is 9.08. The number of piperidine rings is 3. The highest BCUT2D eigenvalue weighted by Crippen LogP contribution is 2.42. The average molecular weight is 552 g/mol. The molecular formula is C31H37BrNO3+. The number of hydrogen-bond acceptors (Lipinski definition) is 3. The van der Waals surface area contributed by atoms with Crippen molar-refractivity contribution in [1.82, 2.24) is 0 Å². The minimum absolute atomic E-state index is 0.464. The number of esters is 1. The van der Waals surface area contributed by atoms with Crippen LogP contribution < -0.4 is 0 Å². The molecule has 3 aliphatic heterocycles. The number of rotatable bonds is 8. The number of aliphatic hydroxyl groups is 1. The van der Waals surface area contributed by atoms with Crippen LogP contribution in [0, 0.1) is 0 Å². The van der Waals surface area contributed by atoms with Crippen molar-refractivity contribution in [2.75, 3.05) is 32.0 Å². The summed E-state index contributed by atoms with van der Waals surface area (Å²) in [5.41, 5.74) is 0.210. The lowest BCUT2D eigenvalue weighted by molar-refractivity contribution is -0.944. The van der Waals surface area contributed by atoms with Crippen molar-refractivity contribution in [2.45, 2.75) is 43.3 Å². The second-order valence-electron chi connectivity index (χ2n) is 10.1. The molecule has 3 heterocycles. The van der Waals surface area contributed by atoms with Gasteiger partial charge < -0.3 is 14.3 Å². The Kier molecular flexibility index (Phi) is 8.66. The van der Waals surface area contributed by atoms with Crippen LogP contribution in [0.5, 0.6) is 0 Å². The Morgan fingerprint density at radius 3 is 1.75 bits per heavy atom. The first kappa shape index (κ1) is 26.6. The number of fused-ring (bicyclic) bond motifs is 3. The summed E-state index contributed by atoms with van der Waals surface area (Å²) in [4.78, 5) is 13.6. The number of ether oxygens (including phenoxy) is 1. The van der Waals surface area contributed by atoms with Crippen molar-refractivity contribution >= 4 is 21.9 Å². The molecule has 3 aromatic carbocycles. The third-order valence-corrected chi connectivity index (χ3v) is 8.05. The van der Waals surface area contributed by atoms with Crippen LogP contribution in [-0.2, 0) is 21.6 Å². The van der Waals surface area contributed by atoms with Crippen LogP contribution in [-0.4, -0.2) is 53.2 Å². The van der Waals surface area contributed by atoms with E-state index in [0.717, 1.165) is 49.8 Å². The second kappa shape index (κ2) is 11.7. The molecule has 5 heteroatoms. The van der Waals surface area contributed by atoms with Crippen LogP contribution in [0.2, 0.25) is 0 Å². The van der Waals surface area contributed by atoms with E-state index in [9.17, 15) is 9.90 Å². The molecule has 3 aliphatic rings. The summed E-state index contributed by atoms with van der Waals surface area (Å²) in [7, 11) is 0. The lowest BCUT2D eigenvalue weighted by Gasteiger charge is -2.54. The molecule has 0 radical (unpaired) electrons. The second-order valence-corrected chi connectivity index (χ2v) is 10.1. The zero-order chi connectivity index (χ0) is 25.5. The van der Waals surface area contributed by atoms with Gasteiger partial charge in [0.1, 0.15) is 5.60 Å². The third-order valence-electron chi connectivity index (χ3n) is 8.05. The summed E-state index contributed by atoms with van der Waals surface area (Å²) in [6, 6.07) is 29.0. The van der Waals surface area contributed by atoms with E-state index in [-0.39, 0.29) is 0 Å². The van der Waals surface area contributed by atoms with Crippen molar-refractivity contribution in [3.8, 4) is 0 Å². The Hall–Kier alpha value is -2.47. The molecule has 1 N–H and O–H groups in total. The molecular weight excluding hydrogens is 514 g/mol. The molecule has 0 amide bonds. The van der Waals surface area contributed by atoms with Crippen molar-refractivity contribution in [3.05, 3.63) is 108 Å². The predicted molar refractivity (Wildman–Crippen MR) is 148 cm³/mol. The highest BCUT2D eigenvalue weighted by Gasteiger charge is 2.53. The number of benzene rings is 3. The number of quaternary nitrogens is 1. The lowest BCUT2D eigenvalue weighted by Crippen LogP contribution is -2.66. The minimum atomic E-state index is -1.81. The van der Waals surface area contributed by atoms with Crippen LogP contribution in [0.4, 0.5) is 0 Å². The summed E-state index contributed by atoms with van der Waals surface area (Å²) in [6.45, 7) is 4.29. The maximum absolute atomic E-state index is 13.6. The van der Waals surface area contributed by atoms with Gasteiger partial charge in [-0.2, -0.15) is 0 Å². The number of halogens is 1. The molecule has 2 bridgehead atoms. The van der Waals surface area contributed by atoms with Crippen LogP contribution in [0.1, 0.15) is 42.4 Å². The molecule has 6 rings (SSSR count). The van der Waals surface area contributed by atoms with Gasteiger partial charge in [-0.25, -0.2) is 4.79 Å². The standard InChI is InChI=1S/C30H34NO3.CH3Br/c32-28(30(33,26-14-6-2-7-15-26)27-16-8-3-9-17-27)34-29-18-22-31(23-19-29,24-20-29)21-10-13-25-11-4-1-5-12-25;1-2/h1-9,11-12,14-17,33H,10,13,18-24H2;1H3/q+1;. The van der Waals surface area contributed by atoms with Crippen LogP contribution >= 0.6 is 15.9 Å². The van der Waals surface area contributed by atoms with E-state index in [1.165, 1.54) is 18.5 Å². The van der Waals surface area contributed by atoms with E-state index in [4.69, 9.17) is 4.74 Å². The maximum Gasteiger partial charge on any atom is 0.348 e. The summed E-state index contributed by atoms with van der Waals surface area (Å²) in [5, 5.41) is 11.8. The molecule has 0 aliphatic carbocycles. The van der Waals surface area contributed by atoms with E-state index < -0.39 is 17.2 Å². The fourth-order valence-electron chi connectivity index (χ4n) is 5.82. The topological polar surface area (TPSA) is 46.5 Å². The zero-order valence-corrected chi connectivity index (χ0v) is 22.7.